The molecule has 0 aliphatic rings. The van der Waals surface area contributed by atoms with Gasteiger partial charge in [0.1, 0.15) is 0 Å². The number of aryl methyl sites for hydroxylation is 2. The molecule has 2 aromatic rings. The highest BCUT2D eigenvalue weighted by molar-refractivity contribution is 6.35. The van der Waals surface area contributed by atoms with Gasteiger partial charge in [0, 0.05) is 22.4 Å². The number of halogens is 4. The number of anilines is 1. The molecule has 2 aromatic carbocycles. The summed E-state index contributed by atoms with van der Waals surface area (Å²) in [5.74, 6) is -0.537. The maximum Gasteiger partial charge on any atom is 0.412 e. The Morgan fingerprint density at radius 3 is 2.24 bits per heavy atom. The minimum absolute atomic E-state index is 0.121. The first-order valence-corrected chi connectivity index (χ1v) is 12.1. The zero-order chi connectivity index (χ0) is 27.9. The zero-order valence-corrected chi connectivity index (χ0v) is 22.9. The third kappa shape index (κ3) is 8.60. The Morgan fingerprint density at radius 2 is 1.68 bits per heavy atom. The van der Waals surface area contributed by atoms with Gasteiger partial charge in [0.15, 0.2) is 0 Å². The maximum atomic E-state index is 13.1. The van der Waals surface area contributed by atoms with Crippen LogP contribution >= 0.6 is 11.6 Å². The molecule has 0 aliphatic heterocycles. The average Bonchev–Trinajstić information content (AvgIpc) is 2.80. The summed E-state index contributed by atoms with van der Waals surface area (Å²) in [4.78, 5) is 17.9. The van der Waals surface area contributed by atoms with Crippen LogP contribution in [0.2, 0.25) is 5.02 Å². The van der Waals surface area contributed by atoms with Crippen molar-refractivity contribution in [2.24, 2.45) is 4.99 Å². The predicted molar refractivity (Wildman–Crippen MR) is 149 cm³/mol. The third-order valence-corrected chi connectivity index (χ3v) is 5.90. The van der Waals surface area contributed by atoms with Crippen LogP contribution in [-0.2, 0) is 4.79 Å². The van der Waals surface area contributed by atoms with Crippen molar-refractivity contribution >= 4 is 34.6 Å². The van der Waals surface area contributed by atoms with Crippen LogP contribution in [0.4, 0.5) is 24.5 Å². The van der Waals surface area contributed by atoms with E-state index in [4.69, 9.17) is 16.6 Å². The number of carbonyl (C=O) groups excluding carboxylic acids is 1. The van der Waals surface area contributed by atoms with E-state index in [2.05, 4.69) is 5.32 Å². The minimum atomic E-state index is -4.47. The summed E-state index contributed by atoms with van der Waals surface area (Å²) in [6.07, 6.45) is 1.19. The standard InChI is InChI=1S/C30H32ClF3N2O/c1-8-20(5)24(12-10-22(7)30(32,33)34)29(37)35-23-11-13-26(31)25(17-23)28(15-18(2)3)36-27-14-9-19(4)16-21(27)6/h8-17H,1-7H3,(H,35,37)/b20-8?,22-10+,24-12+,36-28?. The number of carbonyl (C=O) groups is 1. The first-order valence-electron chi connectivity index (χ1n) is 11.7. The molecule has 1 amide bonds. The van der Waals surface area contributed by atoms with Gasteiger partial charge in [-0.3, -0.25) is 4.79 Å². The van der Waals surface area contributed by atoms with Crippen LogP contribution < -0.4 is 5.32 Å². The van der Waals surface area contributed by atoms with Crippen molar-refractivity contribution in [1.82, 2.24) is 0 Å². The fraction of sp³-hybridized carbons (Fsp3) is 0.267. The van der Waals surface area contributed by atoms with E-state index in [1.807, 2.05) is 52.0 Å². The van der Waals surface area contributed by atoms with Crippen molar-refractivity contribution in [3.05, 3.63) is 105 Å². The van der Waals surface area contributed by atoms with Crippen molar-refractivity contribution in [3.63, 3.8) is 0 Å². The van der Waals surface area contributed by atoms with Gasteiger partial charge in [-0.15, -0.1) is 0 Å². The molecule has 2 rings (SSSR count). The van der Waals surface area contributed by atoms with Crippen molar-refractivity contribution < 1.29 is 18.0 Å². The van der Waals surface area contributed by atoms with Crippen molar-refractivity contribution in [3.8, 4) is 0 Å². The van der Waals surface area contributed by atoms with Gasteiger partial charge < -0.3 is 5.32 Å². The number of rotatable bonds is 7. The molecule has 0 atom stereocenters. The second kappa shape index (κ2) is 12.7. The van der Waals surface area contributed by atoms with E-state index in [0.29, 0.717) is 27.6 Å². The second-order valence-corrected chi connectivity index (χ2v) is 9.46. The lowest BCUT2D eigenvalue weighted by Gasteiger charge is -2.13. The van der Waals surface area contributed by atoms with Gasteiger partial charge in [0.05, 0.1) is 16.4 Å². The lowest BCUT2D eigenvalue weighted by atomic mass is 10.0. The number of hydrogen-bond acceptors (Lipinski definition) is 2. The summed E-state index contributed by atoms with van der Waals surface area (Å²) >= 11 is 6.55. The topological polar surface area (TPSA) is 41.5 Å². The molecule has 0 aromatic heterocycles. The Hall–Kier alpha value is -3.38. The summed E-state index contributed by atoms with van der Waals surface area (Å²) in [7, 11) is 0. The number of nitrogens with zero attached hydrogens (tertiary/aromatic N) is 1. The van der Waals surface area contributed by atoms with Gasteiger partial charge in [0.25, 0.3) is 5.91 Å². The lowest BCUT2D eigenvalue weighted by molar-refractivity contribution is -0.112. The molecule has 0 bridgehead atoms. The largest absolute Gasteiger partial charge is 0.412 e. The van der Waals surface area contributed by atoms with Gasteiger partial charge in [-0.25, -0.2) is 4.99 Å². The number of amides is 1. The monoisotopic (exact) mass is 528 g/mol. The van der Waals surface area contributed by atoms with Crippen LogP contribution in [0.1, 0.15) is 51.3 Å². The molecule has 0 saturated heterocycles. The van der Waals surface area contributed by atoms with Crippen LogP contribution in [-0.4, -0.2) is 17.8 Å². The minimum Gasteiger partial charge on any atom is -0.322 e. The normalized spacial score (nSPS) is 13.5. The quantitative estimate of drug-likeness (QED) is 0.217. The summed E-state index contributed by atoms with van der Waals surface area (Å²) in [6.45, 7) is 12.2. The van der Waals surface area contributed by atoms with Crippen LogP contribution in [0, 0.1) is 13.8 Å². The molecule has 0 heterocycles. The lowest BCUT2D eigenvalue weighted by Crippen LogP contribution is -2.16. The van der Waals surface area contributed by atoms with Gasteiger partial charge in [0.2, 0.25) is 0 Å². The maximum absolute atomic E-state index is 13.1. The van der Waals surface area contributed by atoms with Gasteiger partial charge in [-0.05, 0) is 96.0 Å². The van der Waals surface area contributed by atoms with Crippen molar-refractivity contribution in [2.75, 3.05) is 5.32 Å². The number of allylic oxidation sites excluding steroid dienone is 6. The predicted octanol–water partition coefficient (Wildman–Crippen LogP) is 9.38. The Balaban J connectivity index is 2.53. The molecule has 37 heavy (non-hydrogen) atoms. The van der Waals surface area contributed by atoms with E-state index in [9.17, 15) is 18.0 Å². The van der Waals surface area contributed by atoms with Crippen LogP contribution in [0.5, 0.6) is 0 Å². The SMILES string of the molecule is CC=C(C)/C(=C\C=C(/C)C(F)(F)F)C(=O)Nc1ccc(Cl)c(C(C=C(C)C)=Nc2ccc(C)cc2C)c1. The molecule has 0 aliphatic carbocycles. The summed E-state index contributed by atoms with van der Waals surface area (Å²) in [5, 5.41) is 3.23. The highest BCUT2D eigenvalue weighted by Gasteiger charge is 2.29. The summed E-state index contributed by atoms with van der Waals surface area (Å²) in [5.41, 5.74) is 5.48. The fourth-order valence-electron chi connectivity index (χ4n) is 3.35. The first-order chi connectivity index (χ1) is 17.2. The molecule has 3 nitrogen and oxygen atoms in total. The number of aliphatic imine (C=N–C) groups is 1. The second-order valence-electron chi connectivity index (χ2n) is 9.06. The van der Waals surface area contributed by atoms with E-state index >= 15 is 0 Å². The fourth-order valence-corrected chi connectivity index (χ4v) is 3.56. The van der Waals surface area contributed by atoms with Crippen LogP contribution in [0.3, 0.4) is 0 Å². The number of nitrogens with one attached hydrogen (secondary N) is 1. The highest BCUT2D eigenvalue weighted by atomic mass is 35.5. The third-order valence-electron chi connectivity index (χ3n) is 5.57. The van der Waals surface area contributed by atoms with E-state index < -0.39 is 17.7 Å². The molecule has 1 N–H and O–H groups in total. The van der Waals surface area contributed by atoms with E-state index in [1.165, 1.54) is 6.08 Å². The van der Waals surface area contributed by atoms with Crippen molar-refractivity contribution in [1.29, 1.82) is 0 Å². The number of benzene rings is 2. The number of hydrogen-bond donors (Lipinski definition) is 1. The molecule has 0 radical (unpaired) electrons. The molecule has 0 fully saturated rings. The van der Waals surface area contributed by atoms with Gasteiger partial charge in [-0.2, -0.15) is 13.2 Å². The van der Waals surface area contributed by atoms with Crippen LogP contribution in [0.25, 0.3) is 0 Å². The average molecular weight is 529 g/mol. The van der Waals surface area contributed by atoms with Crippen molar-refractivity contribution in [2.45, 2.75) is 54.6 Å². The highest BCUT2D eigenvalue weighted by Crippen LogP contribution is 2.28. The van der Waals surface area contributed by atoms with Gasteiger partial charge >= 0.3 is 6.18 Å². The smallest absolute Gasteiger partial charge is 0.322 e. The molecule has 0 spiro atoms. The van der Waals surface area contributed by atoms with Crippen LogP contribution in [0.15, 0.2) is 88.0 Å². The molecule has 7 heteroatoms. The molecule has 0 saturated carbocycles. The molecule has 196 valence electrons. The first kappa shape index (κ1) is 29.8. The summed E-state index contributed by atoms with van der Waals surface area (Å²) in [6, 6.07) is 11.0. The summed E-state index contributed by atoms with van der Waals surface area (Å²) < 4.78 is 38.8. The Morgan fingerprint density at radius 1 is 1.00 bits per heavy atom. The molecular formula is C30H32ClF3N2O. The van der Waals surface area contributed by atoms with E-state index in [-0.39, 0.29) is 5.57 Å². The van der Waals surface area contributed by atoms with Gasteiger partial charge in [-0.1, -0.05) is 47.0 Å². The molecular weight excluding hydrogens is 497 g/mol. The number of alkyl halides is 3. The van der Waals surface area contributed by atoms with E-state index in [0.717, 1.165) is 35.4 Å². The Kier molecular flexibility index (Phi) is 10.3. The van der Waals surface area contributed by atoms with E-state index in [1.54, 1.807) is 38.1 Å². The Labute approximate surface area is 222 Å². The Bertz CT molecular complexity index is 1320. The molecule has 0 unspecified atom stereocenters. The zero-order valence-electron chi connectivity index (χ0n) is 22.1.